The average molecular weight is 174 g/mol. The average Bonchev–Trinajstić information content (AvgIpc) is 2.12. The summed E-state index contributed by atoms with van der Waals surface area (Å²) >= 11 is 0. The van der Waals surface area contributed by atoms with E-state index in [0.717, 1.165) is 0 Å². The van der Waals surface area contributed by atoms with E-state index in [2.05, 4.69) is 5.32 Å². The molecule has 0 saturated carbocycles. The molecule has 72 valence electrons. The van der Waals surface area contributed by atoms with E-state index in [4.69, 9.17) is 10.5 Å². The van der Waals surface area contributed by atoms with Gasteiger partial charge in [-0.25, -0.2) is 0 Å². The third-order valence-electron chi connectivity index (χ3n) is 2.04. The fourth-order valence-electron chi connectivity index (χ4n) is 0.770. The lowest BCUT2D eigenvalue weighted by molar-refractivity contribution is -0.141. The summed E-state index contributed by atoms with van der Waals surface area (Å²) in [5.74, 6) is -0.0991. The topological polar surface area (TPSA) is 64.3 Å². The molecule has 0 aromatic heterocycles. The number of nitrogens with one attached hydrogen (secondary N) is 1. The maximum Gasteiger partial charge on any atom is 0.251 e. The second-order valence-electron chi connectivity index (χ2n) is 2.83. The molecule has 12 heavy (non-hydrogen) atoms. The molecule has 4 heteroatoms. The molecule has 0 rings (SSSR count). The predicted molar refractivity (Wildman–Crippen MR) is 47.8 cm³/mol. The molecule has 0 radical (unpaired) electrons. The first-order valence-electron chi connectivity index (χ1n) is 4.14. The summed E-state index contributed by atoms with van der Waals surface area (Å²) in [7, 11) is 1.53. The minimum absolute atomic E-state index is 0.0991. The van der Waals surface area contributed by atoms with Gasteiger partial charge in [-0.2, -0.15) is 0 Å². The normalized spacial score (nSPS) is 15.3. The van der Waals surface area contributed by atoms with E-state index in [1.807, 2.05) is 6.92 Å². The Morgan fingerprint density at radius 3 is 2.58 bits per heavy atom. The van der Waals surface area contributed by atoms with Crippen molar-refractivity contribution < 1.29 is 9.53 Å². The van der Waals surface area contributed by atoms with Crippen molar-refractivity contribution in [2.75, 3.05) is 20.2 Å². The Hall–Kier alpha value is -0.610. The smallest absolute Gasteiger partial charge is 0.251 e. The van der Waals surface area contributed by atoms with Gasteiger partial charge in [0.2, 0.25) is 0 Å². The van der Waals surface area contributed by atoms with Crippen LogP contribution in [-0.4, -0.2) is 31.7 Å². The highest BCUT2D eigenvalue weighted by atomic mass is 16.5. The van der Waals surface area contributed by atoms with Crippen LogP contribution >= 0.6 is 0 Å². The summed E-state index contributed by atoms with van der Waals surface area (Å²) in [4.78, 5) is 11.4. The van der Waals surface area contributed by atoms with Crippen LogP contribution in [0, 0.1) is 0 Å². The zero-order valence-electron chi connectivity index (χ0n) is 8.02. The molecule has 0 heterocycles. The highest BCUT2D eigenvalue weighted by molar-refractivity contribution is 5.84. The first-order chi connectivity index (χ1) is 5.60. The molecule has 0 fully saturated rings. The van der Waals surface area contributed by atoms with Crippen LogP contribution in [0.4, 0.5) is 0 Å². The number of carbonyl (C=O) groups excluding carboxylic acids is 1. The summed E-state index contributed by atoms with van der Waals surface area (Å²) in [6, 6.07) is 0. The Morgan fingerprint density at radius 1 is 1.67 bits per heavy atom. The fourth-order valence-corrected chi connectivity index (χ4v) is 0.770. The largest absolute Gasteiger partial charge is 0.369 e. The van der Waals surface area contributed by atoms with Gasteiger partial charge in [0.25, 0.3) is 5.91 Å². The molecular weight excluding hydrogens is 156 g/mol. The van der Waals surface area contributed by atoms with Crippen LogP contribution in [0.1, 0.15) is 20.3 Å². The van der Waals surface area contributed by atoms with Crippen molar-refractivity contribution >= 4 is 5.91 Å². The van der Waals surface area contributed by atoms with Crippen molar-refractivity contribution in [1.82, 2.24) is 5.32 Å². The lowest BCUT2D eigenvalue weighted by atomic mass is 10.0. The van der Waals surface area contributed by atoms with Crippen molar-refractivity contribution in [1.29, 1.82) is 0 Å². The third-order valence-corrected chi connectivity index (χ3v) is 2.04. The molecule has 0 aromatic carbocycles. The molecule has 3 N–H and O–H groups in total. The van der Waals surface area contributed by atoms with E-state index in [0.29, 0.717) is 19.5 Å². The number of hydrogen-bond acceptors (Lipinski definition) is 3. The molecule has 0 aliphatic rings. The van der Waals surface area contributed by atoms with E-state index in [-0.39, 0.29) is 5.91 Å². The van der Waals surface area contributed by atoms with Crippen LogP contribution in [0.15, 0.2) is 0 Å². The lowest BCUT2D eigenvalue weighted by Gasteiger charge is -2.24. The summed E-state index contributed by atoms with van der Waals surface area (Å²) in [6.45, 7) is 4.62. The molecule has 1 amide bonds. The number of rotatable bonds is 5. The Balaban J connectivity index is 4.03. The van der Waals surface area contributed by atoms with Gasteiger partial charge in [0, 0.05) is 20.2 Å². The lowest BCUT2D eigenvalue weighted by Crippen LogP contribution is -2.46. The van der Waals surface area contributed by atoms with Gasteiger partial charge in [-0.3, -0.25) is 4.79 Å². The monoisotopic (exact) mass is 174 g/mol. The van der Waals surface area contributed by atoms with Crippen LogP contribution in [-0.2, 0) is 9.53 Å². The fraction of sp³-hybridized carbons (Fsp3) is 0.875. The number of methoxy groups -OCH3 is 1. The summed E-state index contributed by atoms with van der Waals surface area (Å²) < 4.78 is 5.09. The van der Waals surface area contributed by atoms with Gasteiger partial charge in [-0.1, -0.05) is 6.92 Å². The van der Waals surface area contributed by atoms with Crippen molar-refractivity contribution in [3.63, 3.8) is 0 Å². The molecule has 0 aromatic rings. The Labute approximate surface area is 73.5 Å². The maximum absolute atomic E-state index is 11.4. The van der Waals surface area contributed by atoms with E-state index >= 15 is 0 Å². The highest BCUT2D eigenvalue weighted by Crippen LogP contribution is 2.13. The number of ether oxygens (including phenoxy) is 1. The van der Waals surface area contributed by atoms with Crippen molar-refractivity contribution in [2.45, 2.75) is 25.9 Å². The SMILES string of the molecule is CCC(C)(OC)C(=O)NCCN. The number of amides is 1. The Morgan fingerprint density at radius 2 is 2.25 bits per heavy atom. The Kier molecular flexibility index (Phi) is 4.85. The van der Waals surface area contributed by atoms with Crippen molar-refractivity contribution in [3.8, 4) is 0 Å². The Bertz CT molecular complexity index is 144. The number of nitrogens with two attached hydrogens (primary N) is 1. The standard InChI is InChI=1S/C8H18N2O2/c1-4-8(2,12-3)7(11)10-6-5-9/h4-6,9H2,1-3H3,(H,10,11). The molecular formula is C8H18N2O2. The van der Waals surface area contributed by atoms with Gasteiger partial charge >= 0.3 is 0 Å². The highest BCUT2D eigenvalue weighted by Gasteiger charge is 2.30. The van der Waals surface area contributed by atoms with Gasteiger partial charge < -0.3 is 15.8 Å². The van der Waals surface area contributed by atoms with Crippen LogP contribution in [0.25, 0.3) is 0 Å². The van der Waals surface area contributed by atoms with Gasteiger partial charge in [0.05, 0.1) is 0 Å². The third kappa shape index (κ3) is 2.79. The van der Waals surface area contributed by atoms with E-state index in [1.54, 1.807) is 6.92 Å². The van der Waals surface area contributed by atoms with Crippen molar-refractivity contribution in [2.24, 2.45) is 5.73 Å². The molecule has 0 spiro atoms. The molecule has 4 nitrogen and oxygen atoms in total. The predicted octanol–water partition coefficient (Wildman–Crippen LogP) is -0.124. The molecule has 0 bridgehead atoms. The van der Waals surface area contributed by atoms with E-state index < -0.39 is 5.60 Å². The van der Waals surface area contributed by atoms with Crippen LogP contribution in [0.3, 0.4) is 0 Å². The van der Waals surface area contributed by atoms with Gasteiger partial charge in [0.15, 0.2) is 0 Å². The maximum atomic E-state index is 11.4. The second kappa shape index (κ2) is 5.11. The van der Waals surface area contributed by atoms with Crippen LogP contribution in [0.2, 0.25) is 0 Å². The number of carbonyl (C=O) groups is 1. The molecule has 1 unspecified atom stereocenters. The van der Waals surface area contributed by atoms with Crippen LogP contribution < -0.4 is 11.1 Å². The minimum Gasteiger partial charge on any atom is -0.369 e. The van der Waals surface area contributed by atoms with Crippen molar-refractivity contribution in [3.05, 3.63) is 0 Å². The van der Waals surface area contributed by atoms with Gasteiger partial charge in [-0.05, 0) is 13.3 Å². The zero-order valence-corrected chi connectivity index (χ0v) is 8.02. The quantitative estimate of drug-likeness (QED) is 0.610. The summed E-state index contributed by atoms with van der Waals surface area (Å²) in [5, 5.41) is 2.69. The first kappa shape index (κ1) is 11.4. The minimum atomic E-state index is -0.713. The second-order valence-corrected chi connectivity index (χ2v) is 2.83. The van der Waals surface area contributed by atoms with Gasteiger partial charge in [-0.15, -0.1) is 0 Å². The zero-order chi connectivity index (χ0) is 9.61. The van der Waals surface area contributed by atoms with E-state index in [9.17, 15) is 4.79 Å². The van der Waals surface area contributed by atoms with Gasteiger partial charge in [0.1, 0.15) is 5.60 Å². The molecule has 0 saturated heterocycles. The van der Waals surface area contributed by atoms with Crippen LogP contribution in [0.5, 0.6) is 0 Å². The molecule has 0 aliphatic carbocycles. The molecule has 1 atom stereocenters. The number of hydrogen-bond donors (Lipinski definition) is 2. The summed E-state index contributed by atoms with van der Waals surface area (Å²) in [5.41, 5.74) is 4.53. The first-order valence-corrected chi connectivity index (χ1v) is 4.14. The summed E-state index contributed by atoms with van der Waals surface area (Å²) in [6.07, 6.45) is 0.653. The molecule has 0 aliphatic heterocycles. The van der Waals surface area contributed by atoms with E-state index in [1.165, 1.54) is 7.11 Å².